The van der Waals surface area contributed by atoms with Crippen LogP contribution in [0.4, 0.5) is 11.5 Å². The fourth-order valence-corrected chi connectivity index (χ4v) is 4.56. The first-order chi connectivity index (χ1) is 17.0. The number of rotatable bonds is 8. The van der Waals surface area contributed by atoms with E-state index in [-0.39, 0.29) is 5.92 Å². The van der Waals surface area contributed by atoms with Crippen LogP contribution in [-0.2, 0) is 10.0 Å². The summed E-state index contributed by atoms with van der Waals surface area (Å²) in [6, 6.07) is 22.9. The van der Waals surface area contributed by atoms with Crippen LogP contribution in [0.2, 0.25) is 0 Å². The molecule has 0 aliphatic rings. The Morgan fingerprint density at radius 1 is 0.943 bits per heavy atom. The van der Waals surface area contributed by atoms with Crippen molar-refractivity contribution in [2.24, 2.45) is 0 Å². The van der Waals surface area contributed by atoms with E-state index in [0.717, 1.165) is 39.8 Å². The second-order valence-corrected chi connectivity index (χ2v) is 9.96. The van der Waals surface area contributed by atoms with Gasteiger partial charge in [0.15, 0.2) is 5.82 Å². The van der Waals surface area contributed by atoms with Crippen molar-refractivity contribution in [1.82, 2.24) is 19.9 Å². The molecule has 0 bridgehead atoms. The minimum Gasteiger partial charge on any atom is -0.368 e. The number of para-hydroxylation sites is 1. The smallest absolute Gasteiger partial charge is 0.229 e. The lowest BCUT2D eigenvalue weighted by Crippen LogP contribution is -2.16. The highest BCUT2D eigenvalue weighted by atomic mass is 32.2. The lowest BCUT2D eigenvalue weighted by molar-refractivity contribution is 0.607. The van der Waals surface area contributed by atoms with Crippen molar-refractivity contribution in [3.8, 4) is 11.4 Å². The van der Waals surface area contributed by atoms with Gasteiger partial charge in [-0.3, -0.25) is 9.71 Å². The number of sulfonamides is 1. The predicted octanol–water partition coefficient (Wildman–Crippen LogP) is 4.64. The largest absolute Gasteiger partial charge is 0.368 e. The average Bonchev–Trinajstić information content (AvgIpc) is 3.39. The molecule has 5 aromatic rings. The summed E-state index contributed by atoms with van der Waals surface area (Å²) in [4.78, 5) is 17.2. The zero-order chi connectivity index (χ0) is 24.3. The molecule has 5 rings (SSSR count). The number of nitrogens with zero attached hydrogens (tertiary/aromatic N) is 3. The second kappa shape index (κ2) is 9.55. The maximum Gasteiger partial charge on any atom is 0.229 e. The first kappa shape index (κ1) is 22.5. The number of anilines is 2. The quantitative estimate of drug-likeness (QED) is 0.296. The van der Waals surface area contributed by atoms with Crippen molar-refractivity contribution in [2.45, 2.75) is 5.92 Å². The van der Waals surface area contributed by atoms with E-state index in [4.69, 9.17) is 9.97 Å². The van der Waals surface area contributed by atoms with Gasteiger partial charge >= 0.3 is 0 Å². The fourth-order valence-electron chi connectivity index (χ4n) is 3.99. The molecule has 3 aromatic heterocycles. The van der Waals surface area contributed by atoms with Crippen LogP contribution >= 0.6 is 0 Å². The number of hydrogen-bond acceptors (Lipinski definition) is 6. The standard InChI is InChI=1S/C26H24N6O2S/c1-35(33,34)32-20-12-10-18(11-13-20)25-30-24-8-3-2-7-21(24)26(31-25)29-17-22(23-9-5-15-28-23)19-6-4-14-27-16-19/h2-16,22,28,32H,17H2,1H3,(H,29,30,31). The number of fused-ring (bicyclic) bond motifs is 1. The van der Waals surface area contributed by atoms with Crippen molar-refractivity contribution < 1.29 is 8.42 Å². The van der Waals surface area contributed by atoms with E-state index in [0.29, 0.717) is 18.1 Å². The summed E-state index contributed by atoms with van der Waals surface area (Å²) in [6.07, 6.45) is 6.68. The number of nitrogens with one attached hydrogen (secondary N) is 3. The highest BCUT2D eigenvalue weighted by Gasteiger charge is 2.17. The summed E-state index contributed by atoms with van der Waals surface area (Å²) in [5.41, 5.74) is 4.26. The maximum absolute atomic E-state index is 11.5. The van der Waals surface area contributed by atoms with Crippen LogP contribution in [0.15, 0.2) is 91.4 Å². The SMILES string of the molecule is CS(=O)(=O)Nc1ccc(-c2nc(NCC(c3cccnc3)c3ccc[nH]3)c3ccccc3n2)cc1. The normalized spacial score (nSPS) is 12.4. The van der Waals surface area contributed by atoms with E-state index in [1.807, 2.05) is 48.8 Å². The van der Waals surface area contributed by atoms with Crippen LogP contribution < -0.4 is 10.0 Å². The van der Waals surface area contributed by atoms with Crippen LogP contribution in [0.25, 0.3) is 22.3 Å². The third kappa shape index (κ3) is 5.30. The molecule has 0 radical (unpaired) electrons. The topological polar surface area (TPSA) is 113 Å². The number of hydrogen-bond donors (Lipinski definition) is 3. The lowest BCUT2D eigenvalue weighted by Gasteiger charge is -2.18. The first-order valence-corrected chi connectivity index (χ1v) is 13.0. The Morgan fingerprint density at radius 2 is 1.77 bits per heavy atom. The zero-order valence-electron chi connectivity index (χ0n) is 19.0. The number of H-pyrrole nitrogens is 1. The van der Waals surface area contributed by atoms with Gasteiger partial charge in [0.25, 0.3) is 0 Å². The van der Waals surface area contributed by atoms with Crippen molar-refractivity contribution >= 4 is 32.4 Å². The minimum absolute atomic E-state index is 0.0530. The summed E-state index contributed by atoms with van der Waals surface area (Å²) in [5, 5.41) is 4.46. The molecule has 0 saturated heterocycles. The predicted molar refractivity (Wildman–Crippen MR) is 139 cm³/mol. The average molecular weight is 485 g/mol. The van der Waals surface area contributed by atoms with Crippen LogP contribution in [0.1, 0.15) is 17.2 Å². The van der Waals surface area contributed by atoms with Gasteiger partial charge in [-0.1, -0.05) is 18.2 Å². The van der Waals surface area contributed by atoms with Crippen LogP contribution in [0, 0.1) is 0 Å². The van der Waals surface area contributed by atoms with Gasteiger partial charge in [-0.05, 0) is 60.2 Å². The molecular weight excluding hydrogens is 460 g/mol. The van der Waals surface area contributed by atoms with Gasteiger partial charge in [0.2, 0.25) is 10.0 Å². The molecular formula is C26H24N6O2S. The highest BCUT2D eigenvalue weighted by Crippen LogP contribution is 2.28. The van der Waals surface area contributed by atoms with Crippen LogP contribution in [0.5, 0.6) is 0 Å². The summed E-state index contributed by atoms with van der Waals surface area (Å²) in [5.74, 6) is 1.33. The molecule has 0 fully saturated rings. The Hall–Kier alpha value is -4.24. The van der Waals surface area contributed by atoms with E-state index in [1.54, 1.807) is 30.5 Å². The maximum atomic E-state index is 11.5. The van der Waals surface area contributed by atoms with E-state index in [2.05, 4.69) is 32.1 Å². The lowest BCUT2D eigenvalue weighted by atomic mass is 9.97. The van der Waals surface area contributed by atoms with Crippen LogP contribution in [0.3, 0.4) is 0 Å². The monoisotopic (exact) mass is 484 g/mol. The summed E-state index contributed by atoms with van der Waals surface area (Å²) in [6.45, 7) is 0.601. The van der Waals surface area contributed by atoms with E-state index < -0.39 is 10.0 Å². The molecule has 9 heteroatoms. The summed E-state index contributed by atoms with van der Waals surface area (Å²) in [7, 11) is -3.35. The molecule has 8 nitrogen and oxygen atoms in total. The summed E-state index contributed by atoms with van der Waals surface area (Å²) < 4.78 is 25.5. The van der Waals surface area contributed by atoms with Gasteiger partial charge in [-0.25, -0.2) is 18.4 Å². The Kier molecular flexibility index (Phi) is 6.15. The molecule has 1 unspecified atom stereocenters. The molecule has 176 valence electrons. The first-order valence-electron chi connectivity index (χ1n) is 11.1. The van der Waals surface area contributed by atoms with Crippen molar-refractivity contribution in [3.63, 3.8) is 0 Å². The zero-order valence-corrected chi connectivity index (χ0v) is 19.8. The molecule has 2 aromatic carbocycles. The minimum atomic E-state index is -3.35. The number of benzene rings is 2. The Bertz CT molecular complexity index is 1540. The van der Waals surface area contributed by atoms with E-state index >= 15 is 0 Å². The molecule has 0 saturated carbocycles. The Labute approximate surface area is 203 Å². The molecule has 1 atom stereocenters. The third-order valence-electron chi connectivity index (χ3n) is 5.61. The van der Waals surface area contributed by atoms with Gasteiger partial charge in [-0.15, -0.1) is 0 Å². The van der Waals surface area contributed by atoms with Gasteiger partial charge in [0, 0.05) is 53.4 Å². The molecule has 0 aliphatic carbocycles. The van der Waals surface area contributed by atoms with Crippen molar-refractivity contribution in [3.05, 3.63) is 103 Å². The van der Waals surface area contributed by atoms with Gasteiger partial charge in [0.05, 0.1) is 11.8 Å². The second-order valence-electron chi connectivity index (χ2n) is 8.21. The fraction of sp³-hybridized carbons (Fsp3) is 0.115. The number of aromatic amines is 1. The molecule has 0 spiro atoms. The van der Waals surface area contributed by atoms with Crippen molar-refractivity contribution in [1.29, 1.82) is 0 Å². The summed E-state index contributed by atoms with van der Waals surface area (Å²) >= 11 is 0. The highest BCUT2D eigenvalue weighted by molar-refractivity contribution is 7.92. The van der Waals surface area contributed by atoms with Gasteiger partial charge in [-0.2, -0.15) is 0 Å². The Morgan fingerprint density at radius 3 is 2.49 bits per heavy atom. The van der Waals surface area contributed by atoms with Gasteiger partial charge < -0.3 is 10.3 Å². The number of pyridine rings is 1. The molecule has 35 heavy (non-hydrogen) atoms. The van der Waals surface area contributed by atoms with Crippen LogP contribution in [-0.4, -0.2) is 41.2 Å². The third-order valence-corrected chi connectivity index (χ3v) is 6.21. The molecule has 0 aliphatic heterocycles. The molecule has 3 N–H and O–H groups in total. The molecule has 0 amide bonds. The van der Waals surface area contributed by atoms with Crippen molar-refractivity contribution in [2.75, 3.05) is 22.8 Å². The van der Waals surface area contributed by atoms with Gasteiger partial charge in [0.1, 0.15) is 5.82 Å². The Balaban J connectivity index is 1.48. The number of aromatic nitrogens is 4. The molecule has 3 heterocycles. The van der Waals surface area contributed by atoms with E-state index in [1.165, 1.54) is 0 Å². The van der Waals surface area contributed by atoms with E-state index in [9.17, 15) is 8.42 Å².